The van der Waals surface area contributed by atoms with Gasteiger partial charge in [0.1, 0.15) is 6.10 Å². The third-order valence-corrected chi connectivity index (χ3v) is 1.59. The molecule has 1 aliphatic rings. The molecule has 0 fully saturated rings. The topological polar surface area (TPSA) is 59.3 Å². The number of methoxy groups -OCH3 is 1. The Bertz CT molecular complexity index is 275. The van der Waals surface area contributed by atoms with Gasteiger partial charge in [-0.15, -0.1) is 0 Å². The van der Waals surface area contributed by atoms with Gasteiger partial charge in [0.2, 0.25) is 0 Å². The van der Waals surface area contributed by atoms with Crippen molar-refractivity contribution in [3.8, 4) is 6.07 Å². The number of ether oxygens (including phenoxy) is 2. The molecule has 0 amide bonds. The van der Waals surface area contributed by atoms with Crippen LogP contribution >= 0.6 is 0 Å². The van der Waals surface area contributed by atoms with Crippen molar-refractivity contribution in [2.75, 3.05) is 13.7 Å². The fourth-order valence-corrected chi connectivity index (χ4v) is 0.980. The lowest BCUT2D eigenvalue weighted by atomic mass is 10.5. The number of nitriles is 1. The largest absolute Gasteiger partial charge is 0.466 e. The number of carbonyl (C=O) groups is 1. The highest BCUT2D eigenvalue weighted by Gasteiger charge is 2.43. The molecule has 0 bridgehead atoms. The third-order valence-electron chi connectivity index (χ3n) is 1.59. The lowest BCUT2D eigenvalue weighted by Gasteiger charge is -1.97. The highest BCUT2D eigenvalue weighted by Crippen LogP contribution is 2.34. The quantitative estimate of drug-likeness (QED) is 0.571. The second kappa shape index (κ2) is 3.37. The minimum atomic E-state index is -0.468. The van der Waals surface area contributed by atoms with Crippen molar-refractivity contribution >= 4 is 5.97 Å². The SMILES string of the molecule is CCOC1C(C#N)=C1C(=O)OC. The van der Waals surface area contributed by atoms with Gasteiger partial charge in [-0.2, -0.15) is 5.26 Å². The summed E-state index contributed by atoms with van der Waals surface area (Å²) in [5, 5.41) is 8.52. The molecule has 4 heteroatoms. The summed E-state index contributed by atoms with van der Waals surface area (Å²) in [5.74, 6) is -0.468. The van der Waals surface area contributed by atoms with E-state index in [9.17, 15) is 4.79 Å². The fraction of sp³-hybridized carbons (Fsp3) is 0.500. The van der Waals surface area contributed by atoms with Gasteiger partial charge in [0.15, 0.2) is 0 Å². The summed E-state index contributed by atoms with van der Waals surface area (Å²) < 4.78 is 9.55. The van der Waals surface area contributed by atoms with E-state index < -0.39 is 12.1 Å². The van der Waals surface area contributed by atoms with Crippen LogP contribution in [0.15, 0.2) is 11.1 Å². The van der Waals surface area contributed by atoms with Crippen molar-refractivity contribution in [2.24, 2.45) is 0 Å². The standard InChI is InChI=1S/C8H9NO3/c1-3-12-7-5(4-9)6(7)8(10)11-2/h7H,3H2,1-2H3. The van der Waals surface area contributed by atoms with Crippen LogP contribution in [0.4, 0.5) is 0 Å². The maximum Gasteiger partial charge on any atom is 0.337 e. The molecule has 1 unspecified atom stereocenters. The minimum absolute atomic E-state index is 0.363. The van der Waals surface area contributed by atoms with Crippen molar-refractivity contribution in [1.29, 1.82) is 5.26 Å². The first-order chi connectivity index (χ1) is 5.76. The van der Waals surface area contributed by atoms with Crippen molar-refractivity contribution < 1.29 is 14.3 Å². The zero-order valence-corrected chi connectivity index (χ0v) is 6.96. The molecule has 12 heavy (non-hydrogen) atoms. The molecule has 0 aromatic rings. The minimum Gasteiger partial charge on any atom is -0.466 e. The second-order valence-corrected chi connectivity index (χ2v) is 2.27. The summed E-state index contributed by atoms with van der Waals surface area (Å²) >= 11 is 0. The van der Waals surface area contributed by atoms with Gasteiger partial charge in [0, 0.05) is 6.61 Å². The van der Waals surface area contributed by atoms with E-state index in [2.05, 4.69) is 4.74 Å². The first kappa shape index (κ1) is 8.75. The molecule has 0 radical (unpaired) electrons. The second-order valence-electron chi connectivity index (χ2n) is 2.27. The van der Waals surface area contributed by atoms with E-state index >= 15 is 0 Å². The van der Waals surface area contributed by atoms with Crippen molar-refractivity contribution in [3.63, 3.8) is 0 Å². The van der Waals surface area contributed by atoms with Gasteiger partial charge in [-0.25, -0.2) is 4.79 Å². The first-order valence-corrected chi connectivity index (χ1v) is 3.60. The maximum atomic E-state index is 10.9. The van der Waals surface area contributed by atoms with Crippen LogP contribution in [0.1, 0.15) is 6.92 Å². The number of carbonyl (C=O) groups excluding carboxylic acids is 1. The lowest BCUT2D eigenvalue weighted by molar-refractivity contribution is -0.136. The molecule has 1 aliphatic carbocycles. The molecule has 0 saturated carbocycles. The van der Waals surface area contributed by atoms with E-state index in [1.54, 1.807) is 0 Å². The van der Waals surface area contributed by atoms with Gasteiger partial charge >= 0.3 is 5.97 Å². The number of hydrogen-bond acceptors (Lipinski definition) is 4. The molecule has 1 rings (SSSR count). The van der Waals surface area contributed by atoms with E-state index in [1.165, 1.54) is 7.11 Å². The summed E-state index contributed by atoms with van der Waals surface area (Å²) in [6.07, 6.45) is -0.410. The van der Waals surface area contributed by atoms with Gasteiger partial charge in [-0.1, -0.05) is 0 Å². The monoisotopic (exact) mass is 167 g/mol. The third kappa shape index (κ3) is 1.31. The molecule has 0 aliphatic heterocycles. The van der Waals surface area contributed by atoms with E-state index in [0.29, 0.717) is 17.8 Å². The summed E-state index contributed by atoms with van der Waals surface area (Å²) in [6, 6.07) is 1.89. The molecule has 1 atom stereocenters. The van der Waals surface area contributed by atoms with Crippen LogP contribution in [-0.2, 0) is 14.3 Å². The Morgan fingerprint density at radius 3 is 2.83 bits per heavy atom. The molecule has 0 heterocycles. The van der Waals surface area contributed by atoms with Gasteiger partial charge in [0.05, 0.1) is 24.3 Å². The Balaban J connectivity index is 2.60. The Morgan fingerprint density at radius 1 is 1.75 bits per heavy atom. The number of nitrogens with zero attached hydrogens (tertiary/aromatic N) is 1. The first-order valence-electron chi connectivity index (χ1n) is 3.60. The molecular formula is C8H9NO3. The predicted octanol–water partition coefficient (Wildman–Crippen LogP) is 0.398. The average molecular weight is 167 g/mol. The molecule has 0 aromatic heterocycles. The van der Waals surface area contributed by atoms with E-state index in [4.69, 9.17) is 10.00 Å². The zero-order chi connectivity index (χ0) is 9.14. The van der Waals surface area contributed by atoms with Gasteiger partial charge in [0.25, 0.3) is 0 Å². The van der Waals surface area contributed by atoms with Crippen LogP contribution in [0.3, 0.4) is 0 Å². The Morgan fingerprint density at radius 2 is 2.42 bits per heavy atom. The number of rotatable bonds is 3. The Kier molecular flexibility index (Phi) is 2.46. The summed E-state index contributed by atoms with van der Waals surface area (Å²) in [7, 11) is 1.28. The van der Waals surface area contributed by atoms with Gasteiger partial charge in [-0.05, 0) is 6.92 Å². The fourth-order valence-electron chi connectivity index (χ4n) is 0.980. The molecule has 0 N–H and O–H groups in total. The van der Waals surface area contributed by atoms with E-state index in [0.717, 1.165) is 0 Å². The predicted molar refractivity (Wildman–Crippen MR) is 40.1 cm³/mol. The van der Waals surface area contributed by atoms with Crippen LogP contribution in [0.2, 0.25) is 0 Å². The molecule has 0 spiro atoms. The van der Waals surface area contributed by atoms with Crippen LogP contribution < -0.4 is 0 Å². The smallest absolute Gasteiger partial charge is 0.337 e. The van der Waals surface area contributed by atoms with Crippen molar-refractivity contribution in [3.05, 3.63) is 11.1 Å². The molecule has 0 saturated heterocycles. The van der Waals surface area contributed by atoms with Crippen molar-refractivity contribution in [1.82, 2.24) is 0 Å². The van der Waals surface area contributed by atoms with Crippen LogP contribution in [-0.4, -0.2) is 25.8 Å². The highest BCUT2D eigenvalue weighted by atomic mass is 16.5. The van der Waals surface area contributed by atoms with Crippen LogP contribution in [0.25, 0.3) is 0 Å². The van der Waals surface area contributed by atoms with Gasteiger partial charge < -0.3 is 9.47 Å². The average Bonchev–Trinajstić information content (AvgIpc) is 2.78. The van der Waals surface area contributed by atoms with Crippen LogP contribution in [0.5, 0.6) is 0 Å². The number of hydrogen-bond donors (Lipinski definition) is 0. The Labute approximate surface area is 70.4 Å². The molecule has 4 nitrogen and oxygen atoms in total. The molecule has 64 valence electrons. The Hall–Kier alpha value is -1.34. The summed E-state index contributed by atoms with van der Waals surface area (Å²) in [5.41, 5.74) is 0.755. The maximum absolute atomic E-state index is 10.9. The zero-order valence-electron chi connectivity index (χ0n) is 6.96. The molecule has 0 aromatic carbocycles. The highest BCUT2D eigenvalue weighted by molar-refractivity contribution is 5.98. The van der Waals surface area contributed by atoms with E-state index in [1.807, 2.05) is 13.0 Å². The molecular weight excluding hydrogens is 158 g/mol. The van der Waals surface area contributed by atoms with Gasteiger partial charge in [-0.3, -0.25) is 0 Å². The van der Waals surface area contributed by atoms with Crippen LogP contribution in [0, 0.1) is 11.3 Å². The number of esters is 1. The summed E-state index contributed by atoms with van der Waals surface area (Å²) in [6.45, 7) is 2.29. The normalized spacial score (nSPS) is 20.2. The van der Waals surface area contributed by atoms with E-state index in [-0.39, 0.29) is 0 Å². The lowest BCUT2D eigenvalue weighted by Crippen LogP contribution is -2.06. The van der Waals surface area contributed by atoms with Crippen molar-refractivity contribution in [2.45, 2.75) is 13.0 Å². The summed E-state index contributed by atoms with van der Waals surface area (Å²) in [4.78, 5) is 10.9.